The summed E-state index contributed by atoms with van der Waals surface area (Å²) in [4.78, 5) is 42.7. The van der Waals surface area contributed by atoms with E-state index >= 15 is 0 Å². The number of carboxylic acids is 1. The van der Waals surface area contributed by atoms with Crippen molar-refractivity contribution in [3.8, 4) is 0 Å². The van der Waals surface area contributed by atoms with Gasteiger partial charge in [0.25, 0.3) is 0 Å². The fourth-order valence-corrected chi connectivity index (χ4v) is 1.63. The summed E-state index contributed by atoms with van der Waals surface area (Å²) in [6, 6.07) is -1.51. The molecule has 2 unspecified atom stereocenters. The van der Waals surface area contributed by atoms with Gasteiger partial charge < -0.3 is 41.1 Å². The Morgan fingerprint density at radius 3 is 1.85 bits per heavy atom. The van der Waals surface area contributed by atoms with Crippen molar-refractivity contribution < 1.29 is 124 Å². The Morgan fingerprint density at radius 2 is 1.50 bits per heavy atom. The molecule has 0 fully saturated rings. The van der Waals surface area contributed by atoms with Crippen molar-refractivity contribution in [3.63, 3.8) is 0 Å². The van der Waals surface area contributed by atoms with Gasteiger partial charge in [0, 0.05) is 18.9 Å². The van der Waals surface area contributed by atoms with Gasteiger partial charge in [0.1, 0.15) is 5.78 Å². The maximum absolute atomic E-state index is 11.3. The molecule has 0 aliphatic rings. The molecule has 0 rings (SSSR count). The molecule has 0 bridgehead atoms. The van der Waals surface area contributed by atoms with Crippen LogP contribution in [0.1, 0.15) is 33.6 Å². The van der Waals surface area contributed by atoms with Gasteiger partial charge in [-0.25, -0.2) is 6.29 Å². The molecule has 0 aromatic rings. The van der Waals surface area contributed by atoms with Gasteiger partial charge >= 0.3 is 88.7 Å². The Morgan fingerprint density at radius 1 is 1.04 bits per heavy atom. The van der Waals surface area contributed by atoms with Gasteiger partial charge in [-0.15, -0.1) is 6.04 Å². The van der Waals surface area contributed by atoms with E-state index in [2.05, 4.69) is 10.6 Å². The maximum Gasteiger partial charge on any atom is 1.00 e. The zero-order valence-electron chi connectivity index (χ0n) is 16.4. The van der Waals surface area contributed by atoms with Gasteiger partial charge in [-0.05, 0) is 18.9 Å². The molecule has 26 heavy (non-hydrogen) atoms. The molecule has 0 aromatic heterocycles. The molecule has 0 heterocycles. The summed E-state index contributed by atoms with van der Waals surface area (Å²) in [5, 5.41) is 16.3. The first-order valence-electron chi connectivity index (χ1n) is 6.61. The smallest absolute Gasteiger partial charge is 0.870 e. The molecule has 0 aromatic carbocycles. The van der Waals surface area contributed by atoms with Crippen molar-refractivity contribution in [3.05, 3.63) is 0 Å². The van der Waals surface area contributed by atoms with E-state index in [9.17, 15) is 24.3 Å². The number of ketones is 1. The van der Waals surface area contributed by atoms with Crippen LogP contribution in [0.15, 0.2) is 0 Å². The standard InChI is InChI=1S/C14H22N2O5.3Na.2H2O/c1-10(19)12(6-13(20)21)16-9-14(2,3)8-15-11(7-18)4-5-17;;;;;/h11-12,15-16H,4,6,8-9H2,1-3H3,(H,20,21);;;;2*1H2/q-2;3*+1;;/p-3. The van der Waals surface area contributed by atoms with Crippen LogP contribution in [0.2, 0.25) is 0 Å². The molecule has 0 aliphatic carbocycles. The number of aliphatic carboxylic acids is 1. The minimum Gasteiger partial charge on any atom is -0.870 e. The Bertz CT molecular complexity index is 399. The molecule has 0 saturated carbocycles. The summed E-state index contributed by atoms with van der Waals surface area (Å²) in [6.45, 7) is 5.79. The second-order valence-corrected chi connectivity index (χ2v) is 5.68. The summed E-state index contributed by atoms with van der Waals surface area (Å²) in [7, 11) is 0. The van der Waals surface area contributed by atoms with Crippen molar-refractivity contribution in [2.75, 3.05) is 13.1 Å². The molecule has 0 radical (unpaired) electrons. The molecule has 12 heteroatoms. The van der Waals surface area contributed by atoms with E-state index in [0.717, 1.165) is 0 Å². The van der Waals surface area contributed by atoms with Crippen LogP contribution in [0.4, 0.5) is 0 Å². The van der Waals surface area contributed by atoms with Crippen LogP contribution in [-0.4, -0.2) is 60.5 Å². The number of hydrogen-bond acceptors (Lipinski definition) is 9. The topological polar surface area (TPSA) is 175 Å². The number of nitrogens with one attached hydrogen (secondary N) is 2. The van der Waals surface area contributed by atoms with E-state index < -0.39 is 18.1 Å². The first-order valence-corrected chi connectivity index (χ1v) is 6.61. The quantitative estimate of drug-likeness (QED) is 0.238. The number of rotatable bonds is 12. The number of carbonyl (C=O) groups is 2. The second kappa shape index (κ2) is 22.6. The number of carbonyl (C=O) groups excluding carboxylic acids is 4. The van der Waals surface area contributed by atoms with E-state index in [1.807, 2.05) is 13.8 Å². The third-order valence-electron chi connectivity index (χ3n) is 2.95. The van der Waals surface area contributed by atoms with E-state index in [0.29, 0.717) is 13.1 Å². The Labute approximate surface area is 220 Å². The summed E-state index contributed by atoms with van der Waals surface area (Å²) >= 11 is 0. The van der Waals surface area contributed by atoms with Gasteiger partial charge in [-0.2, -0.15) is 6.42 Å². The molecule has 2 atom stereocenters. The predicted molar refractivity (Wildman–Crippen MR) is 77.5 cm³/mol. The SMILES string of the molecule is CC(=O)C(CC(=O)[O-])NCC(C)(C)CNC([C-]=O)C[C-]=O.[Na+].[Na+].[Na+].[OH-].[OH-]. The third-order valence-corrected chi connectivity index (χ3v) is 2.95. The van der Waals surface area contributed by atoms with Crippen molar-refractivity contribution in [1.29, 1.82) is 0 Å². The van der Waals surface area contributed by atoms with Crippen LogP contribution in [0.3, 0.4) is 0 Å². The average Bonchev–Trinajstić information content (AvgIpc) is 2.38. The van der Waals surface area contributed by atoms with Gasteiger partial charge in [-0.3, -0.25) is 11.1 Å². The summed E-state index contributed by atoms with van der Waals surface area (Å²) < 4.78 is 0. The van der Waals surface area contributed by atoms with Crippen LogP contribution in [0.25, 0.3) is 0 Å². The molecule has 4 N–H and O–H groups in total. The Hall–Kier alpha value is 1.32. The van der Waals surface area contributed by atoms with Gasteiger partial charge in [0.15, 0.2) is 0 Å². The molecular formula is C14H23N2Na3O7-2. The summed E-state index contributed by atoms with van der Waals surface area (Å²) in [6.07, 6.45) is 2.87. The molecule has 0 aliphatic heterocycles. The zero-order valence-corrected chi connectivity index (χ0v) is 22.4. The van der Waals surface area contributed by atoms with Crippen LogP contribution in [0, 0.1) is 5.41 Å². The fourth-order valence-electron chi connectivity index (χ4n) is 1.63. The second-order valence-electron chi connectivity index (χ2n) is 5.68. The minimum atomic E-state index is -1.30. The number of hydrogen-bond donors (Lipinski definition) is 2. The average molecular weight is 400 g/mol. The Kier molecular flexibility index (Phi) is 36.2. The van der Waals surface area contributed by atoms with Gasteiger partial charge in [0.2, 0.25) is 0 Å². The monoisotopic (exact) mass is 400 g/mol. The van der Waals surface area contributed by atoms with Crippen LogP contribution >= 0.6 is 0 Å². The molecule has 0 amide bonds. The molecule has 136 valence electrons. The minimum absolute atomic E-state index is 0. The van der Waals surface area contributed by atoms with Crippen molar-refractivity contribution >= 4 is 24.3 Å². The van der Waals surface area contributed by atoms with Crippen molar-refractivity contribution in [2.24, 2.45) is 5.41 Å². The van der Waals surface area contributed by atoms with Gasteiger partial charge in [-0.1, -0.05) is 13.8 Å². The molecular weight excluding hydrogens is 377 g/mol. The molecule has 0 saturated heterocycles. The van der Waals surface area contributed by atoms with Crippen molar-refractivity contribution in [2.45, 2.75) is 45.7 Å². The zero-order chi connectivity index (χ0) is 16.5. The molecule has 9 nitrogen and oxygen atoms in total. The normalized spacial score (nSPS) is 11.5. The van der Waals surface area contributed by atoms with Crippen molar-refractivity contribution in [1.82, 2.24) is 10.6 Å². The number of Topliss-reactive ketones (excluding diaryl/α,β-unsaturated/α-hetero) is 1. The predicted octanol–water partition coefficient (Wildman–Crippen LogP) is -11.1. The maximum atomic E-state index is 11.3. The third kappa shape index (κ3) is 21.6. The first-order chi connectivity index (χ1) is 9.71. The fraction of sp³-hybridized carbons (Fsp3) is 0.714. The Balaban J connectivity index is -0.000000200. The molecule has 0 spiro atoms. The largest absolute Gasteiger partial charge is 1.00 e. The van der Waals surface area contributed by atoms with Crippen LogP contribution in [0.5, 0.6) is 0 Å². The van der Waals surface area contributed by atoms with Crippen LogP contribution in [-0.2, 0) is 19.2 Å². The number of carboxylic acid groups (broad SMARTS) is 1. The first kappa shape index (κ1) is 41.6. The van der Waals surface area contributed by atoms with E-state index in [1.165, 1.54) is 6.92 Å². The van der Waals surface area contributed by atoms with Gasteiger partial charge in [0.05, 0.1) is 6.04 Å². The van der Waals surface area contributed by atoms with E-state index in [4.69, 9.17) is 0 Å². The van der Waals surface area contributed by atoms with Crippen LogP contribution < -0.4 is 104 Å². The summed E-state index contributed by atoms with van der Waals surface area (Å²) in [5.74, 6) is -1.58. The van der Waals surface area contributed by atoms with E-state index in [-0.39, 0.29) is 124 Å². The van der Waals surface area contributed by atoms with E-state index in [1.54, 1.807) is 12.6 Å². The summed E-state index contributed by atoms with van der Waals surface area (Å²) in [5.41, 5.74) is -0.363.